The minimum Gasteiger partial charge on any atom is -0.493 e. The number of ether oxygens (including phenoxy) is 2. The Morgan fingerprint density at radius 3 is 2.34 bits per heavy atom. The van der Waals surface area contributed by atoms with Crippen molar-refractivity contribution in [3.63, 3.8) is 0 Å². The minimum atomic E-state index is -0.263. The maximum atomic E-state index is 13.6. The molecule has 204 valence electrons. The zero-order valence-corrected chi connectivity index (χ0v) is 24.1. The molecule has 3 rings (SSSR count). The molecule has 0 aliphatic carbocycles. The Hall–Kier alpha value is -3.52. The predicted octanol–water partition coefficient (Wildman–Crippen LogP) is 6.21. The molecule has 1 N–H and O–H groups in total. The molecule has 0 atom stereocenters. The van der Waals surface area contributed by atoms with Crippen molar-refractivity contribution in [3.05, 3.63) is 75.0 Å². The average molecular weight is 538 g/mol. The van der Waals surface area contributed by atoms with Crippen LogP contribution in [0, 0.1) is 20.8 Å². The number of rotatable bonds is 12. The summed E-state index contributed by atoms with van der Waals surface area (Å²) in [6.07, 6.45) is 1.40. The van der Waals surface area contributed by atoms with Crippen molar-refractivity contribution in [3.8, 4) is 11.5 Å². The van der Waals surface area contributed by atoms with Gasteiger partial charge in [0.1, 0.15) is 6.54 Å². The van der Waals surface area contributed by atoms with Crippen molar-refractivity contribution < 1.29 is 19.1 Å². The van der Waals surface area contributed by atoms with Gasteiger partial charge in [0.15, 0.2) is 11.5 Å². The van der Waals surface area contributed by atoms with E-state index in [9.17, 15) is 9.59 Å². The van der Waals surface area contributed by atoms with Gasteiger partial charge in [-0.1, -0.05) is 25.1 Å². The number of anilines is 1. The number of carbonyl (C=O) groups excluding carboxylic acids is 2. The van der Waals surface area contributed by atoms with E-state index in [1.54, 1.807) is 30.5 Å². The third kappa shape index (κ3) is 7.74. The van der Waals surface area contributed by atoms with E-state index >= 15 is 0 Å². The Balaban J connectivity index is 1.76. The SMILES string of the molecule is CCCN(CC(=O)N(CCc1ccc(OC)c(OC)c1)Cc1ccc(C)s1)C(=O)Nc1cccc(C)c1C. The van der Waals surface area contributed by atoms with Crippen molar-refractivity contribution >= 4 is 29.0 Å². The van der Waals surface area contributed by atoms with E-state index in [4.69, 9.17) is 9.47 Å². The molecule has 0 aliphatic rings. The molecule has 1 aromatic heterocycles. The molecule has 0 spiro atoms. The number of hydrogen-bond acceptors (Lipinski definition) is 5. The Bertz CT molecular complexity index is 1240. The number of aryl methyl sites for hydroxylation is 2. The van der Waals surface area contributed by atoms with Crippen LogP contribution in [0.2, 0.25) is 0 Å². The molecule has 0 radical (unpaired) electrons. The van der Waals surface area contributed by atoms with Gasteiger partial charge in [-0.15, -0.1) is 11.3 Å². The number of carbonyl (C=O) groups is 2. The lowest BCUT2D eigenvalue weighted by atomic mass is 10.1. The number of thiophene rings is 1. The molecule has 0 saturated carbocycles. The molecule has 0 unspecified atom stereocenters. The number of hydrogen-bond donors (Lipinski definition) is 1. The molecule has 1 heterocycles. The molecular formula is C30H39N3O4S. The molecule has 0 bridgehead atoms. The predicted molar refractivity (Wildman–Crippen MR) is 155 cm³/mol. The van der Waals surface area contributed by atoms with Crippen molar-refractivity contribution in [1.82, 2.24) is 9.80 Å². The fourth-order valence-electron chi connectivity index (χ4n) is 4.22. The van der Waals surface area contributed by atoms with Gasteiger partial charge in [-0.25, -0.2) is 4.79 Å². The summed E-state index contributed by atoms with van der Waals surface area (Å²) in [6, 6.07) is 15.5. The van der Waals surface area contributed by atoms with E-state index in [0.29, 0.717) is 37.6 Å². The molecular weight excluding hydrogens is 498 g/mol. The maximum absolute atomic E-state index is 13.6. The molecule has 8 heteroatoms. The number of nitrogens with one attached hydrogen (secondary N) is 1. The zero-order valence-electron chi connectivity index (χ0n) is 23.3. The van der Waals surface area contributed by atoms with Crippen LogP contribution in [0.3, 0.4) is 0 Å². The van der Waals surface area contributed by atoms with Gasteiger partial charge in [0.25, 0.3) is 0 Å². The maximum Gasteiger partial charge on any atom is 0.322 e. The second kappa shape index (κ2) is 13.9. The summed E-state index contributed by atoms with van der Waals surface area (Å²) >= 11 is 1.68. The Labute approximate surface area is 230 Å². The number of nitrogens with zero attached hydrogens (tertiary/aromatic N) is 2. The fraction of sp³-hybridized carbons (Fsp3) is 0.400. The summed E-state index contributed by atoms with van der Waals surface area (Å²) in [5.74, 6) is 1.25. The van der Waals surface area contributed by atoms with Crippen LogP contribution in [-0.2, 0) is 17.8 Å². The second-order valence-corrected chi connectivity index (χ2v) is 10.7. The number of urea groups is 1. The topological polar surface area (TPSA) is 71.1 Å². The number of benzene rings is 2. The summed E-state index contributed by atoms with van der Waals surface area (Å²) in [4.78, 5) is 32.6. The van der Waals surface area contributed by atoms with Crippen LogP contribution in [-0.4, -0.2) is 55.6 Å². The standard InChI is InChI=1S/C30H39N3O4S/c1-7-16-33(30(35)31-26-10-8-9-21(2)23(26)4)20-29(34)32(19-25-13-11-22(3)38-25)17-15-24-12-14-27(36-5)28(18-24)37-6/h8-14,18H,7,15-17,19-20H2,1-6H3,(H,31,35). The quantitative estimate of drug-likeness (QED) is 0.298. The van der Waals surface area contributed by atoms with Crippen molar-refractivity contribution in [2.45, 2.75) is 47.1 Å². The van der Waals surface area contributed by atoms with Gasteiger partial charge >= 0.3 is 6.03 Å². The molecule has 7 nitrogen and oxygen atoms in total. The lowest BCUT2D eigenvalue weighted by molar-refractivity contribution is -0.132. The normalized spacial score (nSPS) is 10.7. The Morgan fingerprint density at radius 1 is 0.921 bits per heavy atom. The van der Waals surface area contributed by atoms with E-state index in [2.05, 4.69) is 24.4 Å². The van der Waals surface area contributed by atoms with Crippen LogP contribution in [0.1, 0.15) is 39.8 Å². The first-order chi connectivity index (χ1) is 18.2. The van der Waals surface area contributed by atoms with E-state index in [1.807, 2.05) is 62.1 Å². The van der Waals surface area contributed by atoms with Gasteiger partial charge in [0, 0.05) is 28.5 Å². The first-order valence-corrected chi connectivity index (χ1v) is 13.7. The lowest BCUT2D eigenvalue weighted by Crippen LogP contribution is -2.45. The molecule has 38 heavy (non-hydrogen) atoms. The molecule has 0 fully saturated rings. The summed E-state index contributed by atoms with van der Waals surface area (Å²) < 4.78 is 10.8. The van der Waals surface area contributed by atoms with E-state index < -0.39 is 0 Å². The van der Waals surface area contributed by atoms with Gasteiger partial charge in [-0.2, -0.15) is 0 Å². The molecule has 2 aromatic carbocycles. The van der Waals surface area contributed by atoms with Crippen molar-refractivity contribution in [2.24, 2.45) is 0 Å². The molecule has 0 aliphatic heterocycles. The van der Waals surface area contributed by atoms with Crippen LogP contribution in [0.15, 0.2) is 48.5 Å². The summed E-state index contributed by atoms with van der Waals surface area (Å²) in [7, 11) is 3.22. The highest BCUT2D eigenvalue weighted by molar-refractivity contribution is 7.11. The van der Waals surface area contributed by atoms with Crippen LogP contribution < -0.4 is 14.8 Å². The molecule has 0 saturated heterocycles. The van der Waals surface area contributed by atoms with Crippen LogP contribution >= 0.6 is 11.3 Å². The van der Waals surface area contributed by atoms with Gasteiger partial charge in [-0.3, -0.25) is 4.79 Å². The Kier molecular flexibility index (Phi) is 10.6. The highest BCUT2D eigenvalue weighted by Crippen LogP contribution is 2.28. The monoisotopic (exact) mass is 537 g/mol. The van der Waals surface area contributed by atoms with Crippen LogP contribution in [0.5, 0.6) is 11.5 Å². The average Bonchev–Trinajstić information content (AvgIpc) is 3.32. The van der Waals surface area contributed by atoms with Crippen LogP contribution in [0.25, 0.3) is 0 Å². The van der Waals surface area contributed by atoms with Crippen molar-refractivity contribution in [2.75, 3.05) is 39.2 Å². The summed E-state index contributed by atoms with van der Waals surface area (Å²) in [6.45, 7) is 9.59. The molecule has 3 amide bonds. The number of amides is 3. The lowest BCUT2D eigenvalue weighted by Gasteiger charge is -2.28. The third-order valence-electron chi connectivity index (χ3n) is 6.57. The van der Waals surface area contributed by atoms with Gasteiger partial charge in [0.2, 0.25) is 5.91 Å². The molecule has 3 aromatic rings. The number of methoxy groups -OCH3 is 2. The minimum absolute atomic E-state index is 0.0147. The third-order valence-corrected chi connectivity index (χ3v) is 7.55. The first-order valence-electron chi connectivity index (χ1n) is 12.9. The highest BCUT2D eigenvalue weighted by Gasteiger charge is 2.22. The van der Waals surface area contributed by atoms with E-state index in [-0.39, 0.29) is 18.5 Å². The first kappa shape index (κ1) is 29.0. The highest BCUT2D eigenvalue weighted by atomic mass is 32.1. The largest absolute Gasteiger partial charge is 0.493 e. The van der Waals surface area contributed by atoms with Crippen LogP contribution in [0.4, 0.5) is 10.5 Å². The van der Waals surface area contributed by atoms with Crippen molar-refractivity contribution in [1.29, 1.82) is 0 Å². The summed E-state index contributed by atoms with van der Waals surface area (Å²) in [5, 5.41) is 3.01. The summed E-state index contributed by atoms with van der Waals surface area (Å²) in [5.41, 5.74) is 3.94. The van der Waals surface area contributed by atoms with Gasteiger partial charge < -0.3 is 24.6 Å². The smallest absolute Gasteiger partial charge is 0.322 e. The fourth-order valence-corrected chi connectivity index (χ4v) is 5.12. The Morgan fingerprint density at radius 2 is 1.68 bits per heavy atom. The zero-order chi connectivity index (χ0) is 27.7. The van der Waals surface area contributed by atoms with E-state index in [1.165, 1.54) is 4.88 Å². The van der Waals surface area contributed by atoms with E-state index in [0.717, 1.165) is 33.7 Å². The van der Waals surface area contributed by atoms with Gasteiger partial charge in [0.05, 0.1) is 20.8 Å². The second-order valence-electron chi connectivity index (χ2n) is 9.37. The van der Waals surface area contributed by atoms with Gasteiger partial charge in [-0.05, 0) is 80.6 Å².